The molecule has 1 unspecified atom stereocenters. The van der Waals surface area contributed by atoms with E-state index in [9.17, 15) is 4.79 Å². The Morgan fingerprint density at radius 1 is 1.27 bits per heavy atom. The first-order valence-electron chi connectivity index (χ1n) is 11.3. The lowest BCUT2D eigenvalue weighted by Gasteiger charge is -2.42. The van der Waals surface area contributed by atoms with E-state index in [0.717, 1.165) is 62.3 Å². The van der Waals surface area contributed by atoms with Crippen LogP contribution in [0.3, 0.4) is 0 Å². The van der Waals surface area contributed by atoms with Crippen LogP contribution in [0.25, 0.3) is 0 Å². The minimum Gasteiger partial charge on any atom is -0.378 e. The lowest BCUT2D eigenvalue weighted by atomic mass is 9.78. The molecule has 1 N–H and O–H groups in total. The maximum atomic E-state index is 11.1. The van der Waals surface area contributed by atoms with Gasteiger partial charge in [-0.2, -0.15) is 0 Å². The SMILES string of the molecule is COCc1cc(N2CCN(CCC3CC(NC(C)=O)C3)CC2C)nc(C(C)(C)C)n1. The van der Waals surface area contributed by atoms with Crippen LogP contribution < -0.4 is 10.2 Å². The second-order valence-corrected chi connectivity index (χ2v) is 10.1. The van der Waals surface area contributed by atoms with Crippen LogP contribution >= 0.6 is 0 Å². The Hall–Kier alpha value is -1.73. The van der Waals surface area contributed by atoms with E-state index < -0.39 is 0 Å². The number of amides is 1. The van der Waals surface area contributed by atoms with Gasteiger partial charge in [0.2, 0.25) is 5.91 Å². The summed E-state index contributed by atoms with van der Waals surface area (Å²) in [6, 6.07) is 2.89. The number of hydrogen-bond acceptors (Lipinski definition) is 6. The topological polar surface area (TPSA) is 70.6 Å². The summed E-state index contributed by atoms with van der Waals surface area (Å²) in [5.74, 6) is 2.74. The minimum atomic E-state index is -0.0958. The van der Waals surface area contributed by atoms with Crippen molar-refractivity contribution in [2.24, 2.45) is 5.92 Å². The number of methoxy groups -OCH3 is 1. The van der Waals surface area contributed by atoms with Crippen molar-refractivity contribution in [3.8, 4) is 0 Å². The zero-order valence-corrected chi connectivity index (χ0v) is 19.6. The molecule has 2 fully saturated rings. The molecule has 1 aromatic rings. The summed E-state index contributed by atoms with van der Waals surface area (Å²) in [6.45, 7) is 15.1. The van der Waals surface area contributed by atoms with Crippen molar-refractivity contribution in [3.05, 3.63) is 17.6 Å². The third kappa shape index (κ3) is 5.91. The molecule has 1 aliphatic carbocycles. The molecule has 1 saturated carbocycles. The number of piperazine rings is 1. The number of nitrogens with one attached hydrogen (secondary N) is 1. The fourth-order valence-corrected chi connectivity index (χ4v) is 4.51. The maximum Gasteiger partial charge on any atom is 0.217 e. The molecule has 2 heterocycles. The van der Waals surface area contributed by atoms with Gasteiger partial charge in [0, 0.05) is 57.2 Å². The average molecular weight is 418 g/mol. The van der Waals surface area contributed by atoms with Crippen molar-refractivity contribution in [3.63, 3.8) is 0 Å². The van der Waals surface area contributed by atoms with Gasteiger partial charge in [-0.3, -0.25) is 9.69 Å². The average Bonchev–Trinajstić information content (AvgIpc) is 2.62. The van der Waals surface area contributed by atoms with E-state index in [1.54, 1.807) is 14.0 Å². The number of hydrogen-bond donors (Lipinski definition) is 1. The number of carbonyl (C=O) groups is 1. The zero-order valence-electron chi connectivity index (χ0n) is 19.6. The molecule has 1 aromatic heterocycles. The summed E-state index contributed by atoms with van der Waals surface area (Å²) >= 11 is 0. The van der Waals surface area contributed by atoms with E-state index in [2.05, 4.69) is 48.9 Å². The summed E-state index contributed by atoms with van der Waals surface area (Å²) in [7, 11) is 1.71. The van der Waals surface area contributed by atoms with Crippen LogP contribution in [0.15, 0.2) is 6.07 Å². The highest BCUT2D eigenvalue weighted by Crippen LogP contribution is 2.31. The molecule has 1 amide bonds. The highest BCUT2D eigenvalue weighted by molar-refractivity contribution is 5.73. The number of ether oxygens (including phenoxy) is 1. The summed E-state index contributed by atoms with van der Waals surface area (Å²) in [5, 5.41) is 3.03. The predicted molar refractivity (Wildman–Crippen MR) is 120 cm³/mol. The standard InChI is InChI=1S/C23H39N5O2/c1-16-14-27(8-7-18-11-19(12-18)24-17(2)29)9-10-28(16)21-13-20(15-30-6)25-22(26-21)23(3,4)5/h13,16,18-19H,7-12,14-15H2,1-6H3,(H,24,29). The molecule has 0 bridgehead atoms. The molecule has 7 heteroatoms. The molecule has 2 aliphatic rings. The van der Waals surface area contributed by atoms with Gasteiger partial charge in [0.25, 0.3) is 0 Å². The third-order valence-electron chi connectivity index (χ3n) is 6.23. The first-order chi connectivity index (χ1) is 14.2. The summed E-state index contributed by atoms with van der Waals surface area (Å²) in [4.78, 5) is 25.8. The van der Waals surface area contributed by atoms with Gasteiger partial charge in [0.1, 0.15) is 11.6 Å². The minimum absolute atomic E-state index is 0.0939. The van der Waals surface area contributed by atoms with Gasteiger partial charge in [-0.05, 0) is 38.6 Å². The molecule has 30 heavy (non-hydrogen) atoms. The lowest BCUT2D eigenvalue weighted by molar-refractivity contribution is -0.120. The van der Waals surface area contributed by atoms with Gasteiger partial charge in [0.15, 0.2) is 0 Å². The molecule has 0 radical (unpaired) electrons. The van der Waals surface area contributed by atoms with E-state index >= 15 is 0 Å². The number of anilines is 1. The quantitative estimate of drug-likeness (QED) is 0.736. The van der Waals surface area contributed by atoms with Gasteiger partial charge in [-0.25, -0.2) is 9.97 Å². The highest BCUT2D eigenvalue weighted by Gasteiger charge is 2.31. The molecular weight excluding hydrogens is 378 g/mol. The normalized spacial score (nSPS) is 25.1. The fraction of sp³-hybridized carbons (Fsp3) is 0.783. The number of rotatable bonds is 7. The van der Waals surface area contributed by atoms with E-state index in [4.69, 9.17) is 14.7 Å². The molecule has 3 rings (SSSR count). The van der Waals surface area contributed by atoms with Crippen LogP contribution in [0.1, 0.15) is 65.4 Å². The maximum absolute atomic E-state index is 11.1. The highest BCUT2D eigenvalue weighted by atomic mass is 16.5. The number of nitrogens with zero attached hydrogens (tertiary/aromatic N) is 4. The summed E-state index contributed by atoms with van der Waals surface area (Å²) < 4.78 is 5.34. The molecule has 1 atom stereocenters. The Balaban J connectivity index is 1.55. The molecule has 1 saturated heterocycles. The van der Waals surface area contributed by atoms with Gasteiger partial charge < -0.3 is 15.0 Å². The van der Waals surface area contributed by atoms with E-state index in [-0.39, 0.29) is 11.3 Å². The Morgan fingerprint density at radius 2 is 2.00 bits per heavy atom. The fourth-order valence-electron chi connectivity index (χ4n) is 4.51. The van der Waals surface area contributed by atoms with Crippen molar-refractivity contribution < 1.29 is 9.53 Å². The Morgan fingerprint density at radius 3 is 2.60 bits per heavy atom. The van der Waals surface area contributed by atoms with Gasteiger partial charge in [-0.1, -0.05) is 20.8 Å². The third-order valence-corrected chi connectivity index (χ3v) is 6.23. The largest absolute Gasteiger partial charge is 0.378 e. The van der Waals surface area contributed by atoms with Crippen molar-refractivity contribution in [1.29, 1.82) is 0 Å². The van der Waals surface area contributed by atoms with E-state index in [0.29, 0.717) is 18.7 Å². The summed E-state index contributed by atoms with van der Waals surface area (Å²) in [5.41, 5.74) is 0.849. The van der Waals surface area contributed by atoms with Crippen LogP contribution in [0.2, 0.25) is 0 Å². The van der Waals surface area contributed by atoms with Crippen molar-refractivity contribution in [2.75, 3.05) is 38.2 Å². The molecule has 0 aromatic carbocycles. The second kappa shape index (κ2) is 9.60. The van der Waals surface area contributed by atoms with E-state index in [1.807, 2.05) is 0 Å². The van der Waals surface area contributed by atoms with Crippen LogP contribution in [0.5, 0.6) is 0 Å². The van der Waals surface area contributed by atoms with Crippen LogP contribution in [0, 0.1) is 5.92 Å². The van der Waals surface area contributed by atoms with Crippen molar-refractivity contribution in [2.45, 2.75) is 78.0 Å². The van der Waals surface area contributed by atoms with Crippen LogP contribution in [-0.2, 0) is 21.6 Å². The molecular formula is C23H39N5O2. The predicted octanol–water partition coefficient (Wildman–Crippen LogP) is 2.74. The van der Waals surface area contributed by atoms with Gasteiger partial charge >= 0.3 is 0 Å². The van der Waals surface area contributed by atoms with Crippen LogP contribution in [0.4, 0.5) is 5.82 Å². The van der Waals surface area contributed by atoms with E-state index in [1.165, 1.54) is 6.42 Å². The Kier molecular flexibility index (Phi) is 7.34. The zero-order chi connectivity index (χ0) is 21.9. The molecule has 1 aliphatic heterocycles. The monoisotopic (exact) mass is 417 g/mol. The smallest absolute Gasteiger partial charge is 0.217 e. The summed E-state index contributed by atoms with van der Waals surface area (Å²) in [6.07, 6.45) is 3.49. The van der Waals surface area contributed by atoms with Gasteiger partial charge in [-0.15, -0.1) is 0 Å². The Labute approximate surface area is 181 Å². The second-order valence-electron chi connectivity index (χ2n) is 10.1. The van der Waals surface area contributed by atoms with Crippen LogP contribution in [-0.4, -0.2) is 66.1 Å². The number of carbonyl (C=O) groups excluding carboxylic acids is 1. The van der Waals surface area contributed by atoms with Crippen molar-refractivity contribution >= 4 is 11.7 Å². The first kappa shape index (κ1) is 22.9. The molecule has 168 valence electrons. The molecule has 7 nitrogen and oxygen atoms in total. The van der Waals surface area contributed by atoms with Gasteiger partial charge in [0.05, 0.1) is 12.3 Å². The Bertz CT molecular complexity index is 727. The van der Waals surface area contributed by atoms with Crippen molar-refractivity contribution in [1.82, 2.24) is 20.2 Å². The lowest BCUT2D eigenvalue weighted by Crippen LogP contribution is -2.53. The number of aromatic nitrogens is 2. The molecule has 0 spiro atoms. The first-order valence-corrected chi connectivity index (χ1v) is 11.3.